The molecule has 0 saturated carbocycles. The number of ether oxygens (including phenoxy) is 1. The average molecular weight is 292 g/mol. The van der Waals surface area contributed by atoms with E-state index in [1.54, 1.807) is 6.92 Å². The Hall–Kier alpha value is -0.660. The Morgan fingerprint density at radius 1 is 1.42 bits per heavy atom. The maximum Gasteiger partial charge on any atom is 0.216 e. The largest absolute Gasteiger partial charge is 0.381 e. The van der Waals surface area contributed by atoms with Crippen molar-refractivity contribution in [1.82, 2.24) is 9.62 Å². The highest BCUT2D eigenvalue weighted by molar-refractivity contribution is 7.89. The van der Waals surface area contributed by atoms with Crippen LogP contribution in [0.15, 0.2) is 0 Å². The second kappa shape index (κ2) is 7.21. The van der Waals surface area contributed by atoms with Crippen molar-refractivity contribution >= 4 is 15.9 Å². The first-order chi connectivity index (χ1) is 8.85. The number of sulfonamides is 1. The van der Waals surface area contributed by atoms with Gasteiger partial charge in [0.2, 0.25) is 15.9 Å². The molecule has 1 saturated heterocycles. The van der Waals surface area contributed by atoms with E-state index >= 15 is 0 Å². The van der Waals surface area contributed by atoms with Crippen molar-refractivity contribution in [2.75, 3.05) is 32.5 Å². The summed E-state index contributed by atoms with van der Waals surface area (Å²) in [6.07, 6.45) is 1.30. The first kappa shape index (κ1) is 16.4. The topological polar surface area (TPSA) is 75.7 Å². The van der Waals surface area contributed by atoms with Crippen LogP contribution in [-0.2, 0) is 19.6 Å². The van der Waals surface area contributed by atoms with Gasteiger partial charge in [-0.3, -0.25) is 4.79 Å². The normalized spacial score (nSPS) is 20.2. The fourth-order valence-electron chi connectivity index (χ4n) is 2.15. The van der Waals surface area contributed by atoms with E-state index < -0.39 is 10.0 Å². The third-order valence-corrected chi connectivity index (χ3v) is 5.50. The lowest BCUT2D eigenvalue weighted by molar-refractivity contribution is -0.119. The number of amides is 1. The molecule has 0 aliphatic carbocycles. The highest BCUT2D eigenvalue weighted by Gasteiger charge is 2.29. The van der Waals surface area contributed by atoms with Gasteiger partial charge in [0.1, 0.15) is 0 Å². The van der Waals surface area contributed by atoms with Crippen LogP contribution in [0.25, 0.3) is 0 Å². The lowest BCUT2D eigenvalue weighted by Crippen LogP contribution is -2.43. The number of piperidine rings is 1. The second-order valence-electron chi connectivity index (χ2n) is 5.10. The SMILES string of the molecule is CO[C@@H](C)CS(=O)(=O)N1CCC(CNC(C)=O)CC1. The number of methoxy groups -OCH3 is 1. The summed E-state index contributed by atoms with van der Waals surface area (Å²) < 4.78 is 30.8. The monoisotopic (exact) mass is 292 g/mol. The molecular weight excluding hydrogens is 268 g/mol. The van der Waals surface area contributed by atoms with Crippen molar-refractivity contribution in [3.8, 4) is 0 Å². The summed E-state index contributed by atoms with van der Waals surface area (Å²) in [5.74, 6) is 0.360. The molecule has 7 heteroatoms. The fraction of sp³-hybridized carbons (Fsp3) is 0.917. The summed E-state index contributed by atoms with van der Waals surface area (Å²) in [6.45, 7) is 4.94. The first-order valence-corrected chi connectivity index (χ1v) is 8.21. The van der Waals surface area contributed by atoms with Crippen molar-refractivity contribution < 1.29 is 17.9 Å². The molecular formula is C12H24N2O4S. The molecule has 1 amide bonds. The van der Waals surface area contributed by atoms with Gasteiger partial charge in [-0.2, -0.15) is 0 Å². The summed E-state index contributed by atoms with van der Waals surface area (Å²) in [7, 11) is -1.71. The van der Waals surface area contributed by atoms with Crippen molar-refractivity contribution in [3.63, 3.8) is 0 Å². The fourth-order valence-corrected chi connectivity index (χ4v) is 3.86. The molecule has 0 unspecified atom stereocenters. The van der Waals surface area contributed by atoms with Crippen molar-refractivity contribution in [2.24, 2.45) is 5.92 Å². The van der Waals surface area contributed by atoms with Crippen molar-refractivity contribution in [3.05, 3.63) is 0 Å². The summed E-state index contributed by atoms with van der Waals surface area (Å²) in [5.41, 5.74) is 0. The molecule has 0 spiro atoms. The van der Waals surface area contributed by atoms with Crippen LogP contribution >= 0.6 is 0 Å². The zero-order chi connectivity index (χ0) is 14.5. The minimum atomic E-state index is -3.23. The van der Waals surface area contributed by atoms with Crippen LogP contribution in [-0.4, -0.2) is 57.2 Å². The molecule has 1 atom stereocenters. The van der Waals surface area contributed by atoms with E-state index in [4.69, 9.17) is 4.74 Å². The van der Waals surface area contributed by atoms with Gasteiger partial charge in [0.15, 0.2) is 0 Å². The molecule has 6 nitrogen and oxygen atoms in total. The summed E-state index contributed by atoms with van der Waals surface area (Å²) >= 11 is 0. The maximum absolute atomic E-state index is 12.1. The zero-order valence-corrected chi connectivity index (χ0v) is 12.7. The van der Waals surface area contributed by atoms with Gasteiger partial charge in [-0.15, -0.1) is 0 Å². The number of hydrogen-bond donors (Lipinski definition) is 1. The molecule has 112 valence electrons. The van der Waals surface area contributed by atoms with Gasteiger partial charge >= 0.3 is 0 Å². The molecule has 0 radical (unpaired) electrons. The highest BCUT2D eigenvalue weighted by Crippen LogP contribution is 2.19. The zero-order valence-electron chi connectivity index (χ0n) is 11.9. The Bertz CT molecular complexity index is 389. The van der Waals surface area contributed by atoms with Crippen LogP contribution in [0, 0.1) is 5.92 Å². The molecule has 1 heterocycles. The van der Waals surface area contributed by atoms with Gasteiger partial charge in [-0.1, -0.05) is 0 Å². The van der Waals surface area contributed by atoms with E-state index in [0.717, 1.165) is 12.8 Å². The Kier molecular flexibility index (Phi) is 6.22. The molecule has 0 aromatic heterocycles. The number of nitrogens with one attached hydrogen (secondary N) is 1. The molecule has 0 bridgehead atoms. The molecule has 1 N–H and O–H groups in total. The Labute approximate surface area is 115 Å². The standard InChI is InChI=1S/C12H24N2O4S/c1-10(18-3)9-19(16,17)14-6-4-12(5-7-14)8-13-11(2)15/h10,12H,4-9H2,1-3H3,(H,13,15)/t10-/m0/s1. The number of nitrogens with zero attached hydrogens (tertiary/aromatic N) is 1. The third kappa shape index (κ3) is 5.46. The second-order valence-corrected chi connectivity index (χ2v) is 7.12. The van der Waals surface area contributed by atoms with E-state index in [9.17, 15) is 13.2 Å². The number of rotatable bonds is 6. The lowest BCUT2D eigenvalue weighted by Gasteiger charge is -2.31. The Balaban J connectivity index is 2.42. The van der Waals surface area contributed by atoms with Crippen LogP contribution in [0.2, 0.25) is 0 Å². The Morgan fingerprint density at radius 2 is 2.00 bits per heavy atom. The predicted octanol–water partition coefficient (Wildman–Crippen LogP) is 0.199. The van der Waals surface area contributed by atoms with Gasteiger partial charge in [-0.25, -0.2) is 12.7 Å². The summed E-state index contributed by atoms with van der Waals surface area (Å²) in [4.78, 5) is 10.8. The molecule has 19 heavy (non-hydrogen) atoms. The van der Waals surface area contributed by atoms with Gasteiger partial charge in [0.05, 0.1) is 11.9 Å². The highest BCUT2D eigenvalue weighted by atomic mass is 32.2. The van der Waals surface area contributed by atoms with Gasteiger partial charge < -0.3 is 10.1 Å². The number of hydrogen-bond acceptors (Lipinski definition) is 4. The summed E-state index contributed by atoms with van der Waals surface area (Å²) in [5, 5.41) is 2.78. The molecule has 1 aliphatic rings. The molecule has 1 aliphatic heterocycles. The van der Waals surface area contributed by atoms with Gasteiger partial charge in [-0.05, 0) is 25.7 Å². The van der Waals surface area contributed by atoms with E-state index in [1.165, 1.54) is 18.3 Å². The first-order valence-electron chi connectivity index (χ1n) is 6.60. The van der Waals surface area contributed by atoms with Crippen molar-refractivity contribution in [1.29, 1.82) is 0 Å². The van der Waals surface area contributed by atoms with Crippen LogP contribution in [0.3, 0.4) is 0 Å². The Morgan fingerprint density at radius 3 is 2.47 bits per heavy atom. The smallest absolute Gasteiger partial charge is 0.216 e. The average Bonchev–Trinajstić information content (AvgIpc) is 2.36. The molecule has 1 rings (SSSR count). The quantitative estimate of drug-likeness (QED) is 0.759. The third-order valence-electron chi connectivity index (χ3n) is 3.45. The van der Waals surface area contributed by atoms with Gasteiger partial charge in [0.25, 0.3) is 0 Å². The molecule has 1 fully saturated rings. The molecule has 0 aromatic rings. The van der Waals surface area contributed by atoms with Crippen LogP contribution < -0.4 is 5.32 Å². The lowest BCUT2D eigenvalue weighted by atomic mass is 9.98. The van der Waals surface area contributed by atoms with E-state index in [0.29, 0.717) is 25.6 Å². The van der Waals surface area contributed by atoms with Crippen LogP contribution in [0.1, 0.15) is 26.7 Å². The van der Waals surface area contributed by atoms with Gasteiger partial charge in [0, 0.05) is 33.7 Å². The van der Waals surface area contributed by atoms with Crippen molar-refractivity contribution in [2.45, 2.75) is 32.8 Å². The predicted molar refractivity (Wildman–Crippen MR) is 73.2 cm³/mol. The maximum atomic E-state index is 12.1. The van der Waals surface area contributed by atoms with Crippen LogP contribution in [0.4, 0.5) is 0 Å². The molecule has 0 aromatic carbocycles. The number of carbonyl (C=O) groups is 1. The minimum absolute atomic E-state index is 0.0276. The number of carbonyl (C=O) groups excluding carboxylic acids is 1. The van der Waals surface area contributed by atoms with E-state index in [1.807, 2.05) is 0 Å². The van der Waals surface area contributed by atoms with E-state index in [2.05, 4.69) is 5.32 Å². The van der Waals surface area contributed by atoms with E-state index in [-0.39, 0.29) is 17.8 Å². The van der Waals surface area contributed by atoms with Crippen LogP contribution in [0.5, 0.6) is 0 Å². The minimum Gasteiger partial charge on any atom is -0.381 e. The summed E-state index contributed by atoms with van der Waals surface area (Å²) in [6, 6.07) is 0.